The highest BCUT2D eigenvalue weighted by Crippen LogP contribution is 2.26. The predicted molar refractivity (Wildman–Crippen MR) is 83.1 cm³/mol. The Balaban J connectivity index is 1.95. The van der Waals surface area contributed by atoms with Gasteiger partial charge in [0, 0.05) is 16.5 Å². The quantitative estimate of drug-likeness (QED) is 0.676. The van der Waals surface area contributed by atoms with E-state index in [-0.39, 0.29) is 0 Å². The first-order valence-corrected chi connectivity index (χ1v) is 7.65. The lowest BCUT2D eigenvalue weighted by Gasteiger charge is -1.94. The van der Waals surface area contributed by atoms with Gasteiger partial charge in [-0.1, -0.05) is 12.1 Å². The predicted octanol–water partition coefficient (Wildman–Crippen LogP) is 4.33. The van der Waals surface area contributed by atoms with Gasteiger partial charge in [0.15, 0.2) is 0 Å². The molecule has 0 aliphatic heterocycles. The molecule has 0 N–H and O–H groups in total. The van der Waals surface area contributed by atoms with Gasteiger partial charge in [0.1, 0.15) is 16.8 Å². The van der Waals surface area contributed by atoms with Crippen LogP contribution in [0.15, 0.2) is 47.3 Å². The number of thiazole rings is 1. The summed E-state index contributed by atoms with van der Waals surface area (Å²) in [6, 6.07) is 11.9. The van der Waals surface area contributed by atoms with E-state index in [1.54, 1.807) is 17.5 Å². The van der Waals surface area contributed by atoms with E-state index >= 15 is 0 Å². The van der Waals surface area contributed by atoms with Crippen LogP contribution in [0, 0.1) is 11.3 Å². The highest BCUT2D eigenvalue weighted by Gasteiger charge is 2.09. The molecule has 0 atom stereocenters. The number of allylic oxidation sites excluding steroid dienone is 1. The van der Waals surface area contributed by atoms with Crippen LogP contribution in [0.5, 0.6) is 0 Å². The first-order valence-electron chi connectivity index (χ1n) is 5.89. The molecular weight excluding hydrogens is 286 g/mol. The molecule has 0 aromatic carbocycles. The minimum absolute atomic E-state index is 0.583. The van der Waals surface area contributed by atoms with Crippen molar-refractivity contribution in [3.8, 4) is 17.5 Å². The minimum Gasteiger partial charge on any atom is -0.255 e. The summed E-state index contributed by atoms with van der Waals surface area (Å²) in [6.45, 7) is 0. The van der Waals surface area contributed by atoms with Crippen molar-refractivity contribution < 1.29 is 0 Å². The van der Waals surface area contributed by atoms with E-state index < -0.39 is 0 Å². The SMILES string of the molecule is N#CC(=Cc1cccs1)c1nc(-c2ccccn2)cs1. The molecule has 3 rings (SSSR count). The van der Waals surface area contributed by atoms with Gasteiger partial charge in [0.2, 0.25) is 0 Å². The fraction of sp³-hybridized carbons (Fsp3) is 0. The Morgan fingerprint density at radius 3 is 2.80 bits per heavy atom. The van der Waals surface area contributed by atoms with Crippen LogP contribution in [0.25, 0.3) is 23.0 Å². The lowest BCUT2D eigenvalue weighted by atomic mass is 10.2. The van der Waals surface area contributed by atoms with E-state index in [4.69, 9.17) is 0 Å². The number of thiophene rings is 1. The van der Waals surface area contributed by atoms with E-state index in [0.29, 0.717) is 5.57 Å². The van der Waals surface area contributed by atoms with E-state index in [2.05, 4.69) is 16.0 Å². The van der Waals surface area contributed by atoms with Crippen molar-refractivity contribution in [2.24, 2.45) is 0 Å². The summed E-state index contributed by atoms with van der Waals surface area (Å²) < 4.78 is 0. The zero-order chi connectivity index (χ0) is 13.8. The summed E-state index contributed by atoms with van der Waals surface area (Å²) in [5, 5.41) is 13.9. The molecule has 0 radical (unpaired) electrons. The van der Waals surface area contributed by atoms with E-state index in [0.717, 1.165) is 21.3 Å². The van der Waals surface area contributed by atoms with Gasteiger partial charge in [-0.3, -0.25) is 4.98 Å². The number of rotatable bonds is 3. The summed E-state index contributed by atoms with van der Waals surface area (Å²) in [4.78, 5) is 9.82. The number of pyridine rings is 1. The zero-order valence-electron chi connectivity index (χ0n) is 10.4. The summed E-state index contributed by atoms with van der Waals surface area (Å²) in [5.41, 5.74) is 2.21. The van der Waals surface area contributed by atoms with Crippen molar-refractivity contribution in [3.63, 3.8) is 0 Å². The third kappa shape index (κ3) is 2.67. The summed E-state index contributed by atoms with van der Waals surface area (Å²) in [5.74, 6) is 0. The molecule has 0 fully saturated rings. The molecule has 96 valence electrons. The number of nitrogens with zero attached hydrogens (tertiary/aromatic N) is 3. The smallest absolute Gasteiger partial charge is 0.134 e. The highest BCUT2D eigenvalue weighted by molar-refractivity contribution is 7.12. The first-order chi connectivity index (χ1) is 9.86. The van der Waals surface area contributed by atoms with Crippen molar-refractivity contribution in [2.45, 2.75) is 0 Å². The molecule has 0 saturated carbocycles. The second-order valence-electron chi connectivity index (χ2n) is 3.94. The van der Waals surface area contributed by atoms with E-state index in [9.17, 15) is 5.26 Å². The minimum atomic E-state index is 0.583. The third-order valence-corrected chi connectivity index (χ3v) is 4.31. The van der Waals surface area contributed by atoms with Gasteiger partial charge >= 0.3 is 0 Å². The number of hydrogen-bond donors (Lipinski definition) is 0. The standard InChI is InChI=1S/C15H9N3S2/c16-9-11(8-12-4-3-7-19-12)15-18-14(10-20-15)13-5-1-2-6-17-13/h1-8,10H. The Morgan fingerprint density at radius 1 is 1.15 bits per heavy atom. The fourth-order valence-corrected chi connectivity index (χ4v) is 3.12. The Bertz CT molecular complexity index is 765. The zero-order valence-corrected chi connectivity index (χ0v) is 12.0. The van der Waals surface area contributed by atoms with Crippen LogP contribution in [-0.4, -0.2) is 9.97 Å². The van der Waals surface area contributed by atoms with Crippen molar-refractivity contribution in [2.75, 3.05) is 0 Å². The molecule has 0 spiro atoms. The maximum absolute atomic E-state index is 9.30. The summed E-state index contributed by atoms with van der Waals surface area (Å²) in [7, 11) is 0. The average Bonchev–Trinajstić information content (AvgIpc) is 3.17. The van der Waals surface area contributed by atoms with Crippen LogP contribution >= 0.6 is 22.7 Å². The Hall–Kier alpha value is -2.29. The molecule has 20 heavy (non-hydrogen) atoms. The molecule has 0 unspecified atom stereocenters. The van der Waals surface area contributed by atoms with Crippen LogP contribution < -0.4 is 0 Å². The molecule has 5 heteroatoms. The van der Waals surface area contributed by atoms with E-state index in [1.165, 1.54) is 11.3 Å². The molecule has 0 aliphatic carbocycles. The van der Waals surface area contributed by atoms with Gasteiger partial charge in [0.05, 0.1) is 11.3 Å². The maximum Gasteiger partial charge on any atom is 0.134 e. The largest absolute Gasteiger partial charge is 0.255 e. The molecule has 0 amide bonds. The van der Waals surface area contributed by atoms with Crippen molar-refractivity contribution in [1.82, 2.24) is 9.97 Å². The molecule has 0 aliphatic rings. The molecule has 0 saturated heterocycles. The monoisotopic (exact) mass is 295 g/mol. The van der Waals surface area contributed by atoms with Gasteiger partial charge in [0.25, 0.3) is 0 Å². The number of nitriles is 1. The third-order valence-electron chi connectivity index (χ3n) is 2.61. The lowest BCUT2D eigenvalue weighted by Crippen LogP contribution is -1.84. The topological polar surface area (TPSA) is 49.6 Å². The van der Waals surface area contributed by atoms with Gasteiger partial charge in [-0.2, -0.15) is 5.26 Å². The molecule has 3 nitrogen and oxygen atoms in total. The summed E-state index contributed by atoms with van der Waals surface area (Å²) in [6.07, 6.45) is 3.60. The van der Waals surface area contributed by atoms with Gasteiger partial charge in [-0.15, -0.1) is 22.7 Å². The normalized spacial score (nSPS) is 11.2. The number of aromatic nitrogens is 2. The Labute approximate surface area is 124 Å². The highest BCUT2D eigenvalue weighted by atomic mass is 32.1. The van der Waals surface area contributed by atoms with Crippen molar-refractivity contribution >= 4 is 34.3 Å². The van der Waals surface area contributed by atoms with Gasteiger partial charge in [-0.25, -0.2) is 4.98 Å². The average molecular weight is 295 g/mol. The van der Waals surface area contributed by atoms with Crippen LogP contribution in [0.2, 0.25) is 0 Å². The molecule has 0 bridgehead atoms. The van der Waals surface area contributed by atoms with Crippen LogP contribution in [-0.2, 0) is 0 Å². The molecule has 3 heterocycles. The van der Waals surface area contributed by atoms with Crippen molar-refractivity contribution in [1.29, 1.82) is 5.26 Å². The second-order valence-corrected chi connectivity index (χ2v) is 5.78. The first kappa shape index (κ1) is 12.7. The van der Waals surface area contributed by atoms with Gasteiger partial charge < -0.3 is 0 Å². The van der Waals surface area contributed by atoms with E-state index in [1.807, 2.05) is 47.2 Å². The van der Waals surface area contributed by atoms with Crippen LogP contribution in [0.3, 0.4) is 0 Å². The second kappa shape index (κ2) is 5.78. The Morgan fingerprint density at radius 2 is 2.10 bits per heavy atom. The molecular formula is C15H9N3S2. The van der Waals surface area contributed by atoms with Crippen LogP contribution in [0.4, 0.5) is 0 Å². The van der Waals surface area contributed by atoms with Gasteiger partial charge in [-0.05, 0) is 29.7 Å². The number of hydrogen-bond acceptors (Lipinski definition) is 5. The maximum atomic E-state index is 9.30. The lowest BCUT2D eigenvalue weighted by molar-refractivity contribution is 1.27. The Kier molecular flexibility index (Phi) is 3.68. The molecule has 3 aromatic heterocycles. The fourth-order valence-electron chi connectivity index (χ4n) is 1.69. The molecule has 3 aromatic rings. The van der Waals surface area contributed by atoms with Crippen molar-refractivity contribution in [3.05, 3.63) is 57.2 Å². The summed E-state index contributed by atoms with van der Waals surface area (Å²) >= 11 is 3.06. The van der Waals surface area contributed by atoms with Crippen LogP contribution in [0.1, 0.15) is 9.88 Å².